The topological polar surface area (TPSA) is 16.1 Å². The van der Waals surface area contributed by atoms with Crippen LogP contribution in [0.2, 0.25) is 0 Å². The summed E-state index contributed by atoms with van der Waals surface area (Å²) in [6.45, 7) is 0. The van der Waals surface area contributed by atoms with Crippen molar-refractivity contribution in [2.45, 2.75) is 0 Å². The van der Waals surface area contributed by atoms with Crippen LogP contribution in [-0.2, 0) is 0 Å². The van der Waals surface area contributed by atoms with Crippen LogP contribution in [0.1, 0.15) is 5.69 Å². The molecule has 0 atom stereocenters. The Kier molecular flexibility index (Phi) is 4.68. The van der Waals surface area contributed by atoms with Crippen LogP contribution in [0.5, 0.6) is 0 Å². The van der Waals surface area contributed by atoms with E-state index >= 15 is 0 Å². The lowest BCUT2D eigenvalue weighted by molar-refractivity contribution is 1.27. The van der Waals surface area contributed by atoms with Crippen LogP contribution < -0.4 is 4.90 Å². The first-order valence-electron chi connectivity index (χ1n) is 8.78. The monoisotopic (exact) mass is 346 g/mol. The van der Waals surface area contributed by atoms with Gasteiger partial charge in [0.25, 0.3) is 0 Å². The van der Waals surface area contributed by atoms with E-state index < -0.39 is 0 Å². The summed E-state index contributed by atoms with van der Waals surface area (Å²) in [4.78, 5) is 6.52. The Bertz CT molecular complexity index is 1010. The van der Waals surface area contributed by atoms with Crippen molar-refractivity contribution in [1.29, 1.82) is 0 Å². The molecule has 0 aliphatic heterocycles. The Morgan fingerprint density at radius 3 is 1.59 bits per heavy atom. The van der Waals surface area contributed by atoms with Crippen LogP contribution in [0.25, 0.3) is 11.1 Å². The molecular weight excluding hydrogens is 328 g/mol. The molecule has 27 heavy (non-hydrogen) atoms. The molecule has 2 nitrogen and oxygen atoms in total. The van der Waals surface area contributed by atoms with E-state index in [4.69, 9.17) is 6.42 Å². The second-order valence-electron chi connectivity index (χ2n) is 6.13. The number of benzene rings is 3. The minimum absolute atomic E-state index is 0.648. The van der Waals surface area contributed by atoms with Gasteiger partial charge in [-0.3, -0.25) is 0 Å². The van der Waals surface area contributed by atoms with Gasteiger partial charge in [-0.05, 0) is 48.0 Å². The summed E-state index contributed by atoms with van der Waals surface area (Å²) >= 11 is 0. The zero-order valence-corrected chi connectivity index (χ0v) is 14.8. The minimum Gasteiger partial charge on any atom is -0.311 e. The lowest BCUT2D eigenvalue weighted by atomic mass is 10.1. The second-order valence-corrected chi connectivity index (χ2v) is 6.13. The highest BCUT2D eigenvalue weighted by atomic mass is 15.1. The van der Waals surface area contributed by atoms with E-state index in [1.807, 2.05) is 30.5 Å². The van der Waals surface area contributed by atoms with Crippen molar-refractivity contribution in [3.05, 3.63) is 109 Å². The number of hydrogen-bond acceptors (Lipinski definition) is 2. The smallest absolute Gasteiger partial charge is 0.112 e. The van der Waals surface area contributed by atoms with E-state index in [0.717, 1.165) is 28.2 Å². The van der Waals surface area contributed by atoms with E-state index in [9.17, 15) is 0 Å². The van der Waals surface area contributed by atoms with Gasteiger partial charge in [-0.2, -0.15) is 0 Å². The zero-order valence-electron chi connectivity index (χ0n) is 14.8. The maximum atomic E-state index is 5.38. The van der Waals surface area contributed by atoms with Gasteiger partial charge < -0.3 is 4.90 Å². The third-order valence-corrected chi connectivity index (χ3v) is 4.40. The van der Waals surface area contributed by atoms with Crippen molar-refractivity contribution in [3.8, 4) is 23.5 Å². The first-order chi connectivity index (χ1) is 13.3. The standard InChI is InChI=1S/C25H18N2/c1-2-22-16-13-21(19-26-22)20-14-17-25(18-15-20)27(23-9-5-3-6-10-23)24-11-7-4-8-12-24/h1,3-19H. The van der Waals surface area contributed by atoms with Crippen molar-refractivity contribution in [3.63, 3.8) is 0 Å². The molecule has 1 aromatic heterocycles. The summed E-state index contributed by atoms with van der Waals surface area (Å²) in [5.74, 6) is 2.55. The summed E-state index contributed by atoms with van der Waals surface area (Å²) in [6.07, 6.45) is 7.20. The second kappa shape index (κ2) is 7.59. The van der Waals surface area contributed by atoms with E-state index in [0.29, 0.717) is 5.69 Å². The molecule has 3 aromatic carbocycles. The predicted octanol–water partition coefficient (Wildman–Crippen LogP) is 6.20. The number of rotatable bonds is 4. The Labute approximate surface area is 159 Å². The highest BCUT2D eigenvalue weighted by Gasteiger charge is 2.11. The van der Waals surface area contributed by atoms with E-state index in [1.165, 1.54) is 0 Å². The Balaban J connectivity index is 1.72. The molecule has 0 spiro atoms. The molecule has 2 heteroatoms. The quantitative estimate of drug-likeness (QED) is 0.409. The SMILES string of the molecule is C#Cc1ccc(-c2ccc(N(c3ccccc3)c3ccccc3)cc2)cn1. The number of terminal acetylenes is 1. The van der Waals surface area contributed by atoms with Crippen LogP contribution >= 0.6 is 0 Å². The first-order valence-corrected chi connectivity index (χ1v) is 8.78. The number of anilines is 3. The van der Waals surface area contributed by atoms with Crippen molar-refractivity contribution in [2.75, 3.05) is 4.90 Å². The van der Waals surface area contributed by atoms with Gasteiger partial charge in [0.05, 0.1) is 0 Å². The molecule has 0 aliphatic rings. The lowest BCUT2D eigenvalue weighted by Gasteiger charge is -2.25. The molecule has 0 aliphatic carbocycles. The van der Waals surface area contributed by atoms with E-state index in [1.54, 1.807) is 0 Å². The zero-order chi connectivity index (χ0) is 18.5. The van der Waals surface area contributed by atoms with Gasteiger partial charge >= 0.3 is 0 Å². The number of nitrogens with zero attached hydrogens (tertiary/aromatic N) is 2. The van der Waals surface area contributed by atoms with Gasteiger partial charge in [-0.1, -0.05) is 60.5 Å². The lowest BCUT2D eigenvalue weighted by Crippen LogP contribution is -2.09. The van der Waals surface area contributed by atoms with E-state index in [2.05, 4.69) is 88.6 Å². The third kappa shape index (κ3) is 3.58. The molecule has 4 aromatic rings. The van der Waals surface area contributed by atoms with Gasteiger partial charge in [0.2, 0.25) is 0 Å². The number of para-hydroxylation sites is 2. The molecule has 0 saturated carbocycles. The predicted molar refractivity (Wildman–Crippen MR) is 112 cm³/mol. The van der Waals surface area contributed by atoms with Crippen molar-refractivity contribution < 1.29 is 0 Å². The van der Waals surface area contributed by atoms with Crippen LogP contribution in [0.4, 0.5) is 17.1 Å². The maximum absolute atomic E-state index is 5.38. The Hall–Kier alpha value is -3.83. The third-order valence-electron chi connectivity index (χ3n) is 4.40. The summed E-state index contributed by atoms with van der Waals surface area (Å²) in [5.41, 5.74) is 6.15. The molecule has 0 fully saturated rings. The summed E-state index contributed by atoms with van der Waals surface area (Å²) in [5, 5.41) is 0. The average molecular weight is 346 g/mol. The molecule has 128 valence electrons. The molecule has 0 bridgehead atoms. The number of pyridine rings is 1. The van der Waals surface area contributed by atoms with Crippen molar-refractivity contribution in [2.24, 2.45) is 0 Å². The van der Waals surface area contributed by atoms with Gasteiger partial charge in [0, 0.05) is 28.8 Å². The van der Waals surface area contributed by atoms with Crippen LogP contribution in [0, 0.1) is 12.3 Å². The Morgan fingerprint density at radius 1 is 0.593 bits per heavy atom. The summed E-state index contributed by atoms with van der Waals surface area (Å²) < 4.78 is 0. The normalized spacial score (nSPS) is 10.2. The molecule has 0 N–H and O–H groups in total. The van der Waals surface area contributed by atoms with Gasteiger partial charge in [-0.15, -0.1) is 6.42 Å². The van der Waals surface area contributed by atoms with Crippen LogP contribution in [0.15, 0.2) is 103 Å². The number of aromatic nitrogens is 1. The fourth-order valence-electron chi connectivity index (χ4n) is 3.05. The molecule has 0 amide bonds. The first kappa shape index (κ1) is 16.6. The van der Waals surface area contributed by atoms with Crippen molar-refractivity contribution in [1.82, 2.24) is 4.98 Å². The summed E-state index contributed by atoms with van der Waals surface area (Å²) in [7, 11) is 0. The molecule has 1 heterocycles. The molecule has 0 radical (unpaired) electrons. The number of hydrogen-bond donors (Lipinski definition) is 0. The largest absolute Gasteiger partial charge is 0.311 e. The molecular formula is C25H18N2. The highest BCUT2D eigenvalue weighted by molar-refractivity contribution is 5.78. The van der Waals surface area contributed by atoms with Gasteiger partial charge in [-0.25, -0.2) is 4.98 Å². The minimum atomic E-state index is 0.648. The fourth-order valence-corrected chi connectivity index (χ4v) is 3.05. The van der Waals surface area contributed by atoms with Gasteiger partial charge in [0.15, 0.2) is 0 Å². The van der Waals surface area contributed by atoms with Crippen LogP contribution in [0.3, 0.4) is 0 Å². The molecule has 4 rings (SSSR count). The molecule has 0 unspecified atom stereocenters. The summed E-state index contributed by atoms with van der Waals surface area (Å²) in [6, 6.07) is 33.1. The molecule has 0 saturated heterocycles. The van der Waals surface area contributed by atoms with Gasteiger partial charge in [0.1, 0.15) is 5.69 Å². The fraction of sp³-hybridized carbons (Fsp3) is 0. The highest BCUT2D eigenvalue weighted by Crippen LogP contribution is 2.35. The maximum Gasteiger partial charge on any atom is 0.112 e. The average Bonchev–Trinajstić information content (AvgIpc) is 2.76. The Morgan fingerprint density at radius 2 is 1.11 bits per heavy atom. The van der Waals surface area contributed by atoms with Crippen molar-refractivity contribution >= 4 is 17.1 Å². The van der Waals surface area contributed by atoms with E-state index in [-0.39, 0.29) is 0 Å². The van der Waals surface area contributed by atoms with Crippen LogP contribution in [-0.4, -0.2) is 4.98 Å².